The second kappa shape index (κ2) is 10.8. The van der Waals surface area contributed by atoms with Gasteiger partial charge in [0.2, 0.25) is 5.78 Å². The topological polar surface area (TPSA) is 54.0 Å². The van der Waals surface area contributed by atoms with Gasteiger partial charge in [0.05, 0.1) is 42.0 Å². The number of fused-ring (bicyclic) bond motifs is 1. The molecule has 0 spiro atoms. The largest absolute Gasteiger partial charge is 0.493 e. The van der Waals surface area contributed by atoms with E-state index in [0.717, 1.165) is 24.3 Å². The second-order valence-corrected chi connectivity index (χ2v) is 9.79. The van der Waals surface area contributed by atoms with Crippen LogP contribution in [0, 0.1) is 0 Å². The zero-order chi connectivity index (χ0) is 25.9. The molecule has 3 aromatic rings. The van der Waals surface area contributed by atoms with Crippen LogP contribution in [0.15, 0.2) is 54.6 Å². The molecule has 1 heterocycles. The number of nitrogens with zero attached hydrogens (tertiary/aromatic N) is 1. The molecule has 0 amide bonds. The van der Waals surface area contributed by atoms with Crippen LogP contribution in [-0.4, -0.2) is 58.8 Å². The lowest BCUT2D eigenvalue weighted by atomic mass is 9.85. The van der Waals surface area contributed by atoms with Gasteiger partial charge >= 0.3 is 0 Å². The number of ether oxygens (including phenoxy) is 4. The molecule has 0 unspecified atom stereocenters. The number of ketones is 1. The number of Topliss-reactive ketones (excluding diaryl/α,β-unsaturated/α-hetero) is 1. The number of carbonyl (C=O) groups is 1. The number of benzene rings is 3. The first-order valence-electron chi connectivity index (χ1n) is 11.9. The third kappa shape index (κ3) is 5.15. The van der Waals surface area contributed by atoms with E-state index in [9.17, 15) is 4.79 Å². The van der Waals surface area contributed by atoms with Gasteiger partial charge in [-0.3, -0.25) is 4.79 Å². The number of hydrogen-bond acceptors (Lipinski definition) is 5. The normalized spacial score (nSPS) is 18.8. The molecule has 0 radical (unpaired) electrons. The van der Waals surface area contributed by atoms with Crippen molar-refractivity contribution < 1.29 is 28.2 Å². The second-order valence-electron chi connectivity index (χ2n) is 9.36. The molecule has 0 fully saturated rings. The Morgan fingerprint density at radius 1 is 0.861 bits per heavy atom. The molecule has 1 aliphatic rings. The fourth-order valence-electron chi connectivity index (χ4n) is 5.14. The summed E-state index contributed by atoms with van der Waals surface area (Å²) in [5.74, 6) is 2.87. The van der Waals surface area contributed by atoms with Gasteiger partial charge in [-0.2, -0.15) is 0 Å². The van der Waals surface area contributed by atoms with Gasteiger partial charge in [0, 0.05) is 29.0 Å². The van der Waals surface area contributed by atoms with Crippen molar-refractivity contribution in [3.63, 3.8) is 0 Å². The van der Waals surface area contributed by atoms with Crippen molar-refractivity contribution in [3.8, 4) is 23.0 Å². The number of halogens is 1. The van der Waals surface area contributed by atoms with E-state index >= 15 is 0 Å². The monoisotopic (exact) mass is 510 g/mol. The lowest BCUT2D eigenvalue weighted by Crippen LogP contribution is -2.54. The van der Waals surface area contributed by atoms with Gasteiger partial charge in [0.25, 0.3) is 0 Å². The molecular weight excluding hydrogens is 478 g/mol. The highest BCUT2D eigenvalue weighted by atomic mass is 35.5. The third-order valence-electron chi connectivity index (χ3n) is 7.20. The Bertz CT molecular complexity index is 1240. The van der Waals surface area contributed by atoms with Gasteiger partial charge in [-0.1, -0.05) is 17.7 Å². The molecule has 1 aliphatic heterocycles. The first kappa shape index (κ1) is 25.9. The lowest BCUT2D eigenvalue weighted by Gasteiger charge is -2.45. The quantitative estimate of drug-likeness (QED) is 0.279. The maximum absolute atomic E-state index is 13.4. The standard InChI is InChI=1S/C29H33ClNO5/c1-31(18-25(32)20-7-9-22(30)10-8-20)13-12-21-16-28(35-4)29(36-5)17-23(21)24(31)14-19-6-11-26(33-2)27(15-19)34-3/h6-11,15-17,24H,12-14,18H2,1-5H3/q+1/t24-,31+/m1/s1. The van der Waals surface area contributed by atoms with Gasteiger partial charge in [0.15, 0.2) is 23.0 Å². The van der Waals surface area contributed by atoms with Crippen molar-refractivity contribution >= 4 is 17.4 Å². The van der Waals surface area contributed by atoms with Gasteiger partial charge in [0.1, 0.15) is 12.6 Å². The number of likely N-dealkylation sites (N-methyl/N-ethyl adjacent to an activating group) is 1. The van der Waals surface area contributed by atoms with Crippen LogP contribution >= 0.6 is 11.6 Å². The molecule has 2 atom stereocenters. The van der Waals surface area contributed by atoms with E-state index < -0.39 is 0 Å². The van der Waals surface area contributed by atoms with Crippen LogP contribution in [0.25, 0.3) is 0 Å². The summed E-state index contributed by atoms with van der Waals surface area (Å²) in [5, 5.41) is 0.617. The van der Waals surface area contributed by atoms with Crippen molar-refractivity contribution in [2.24, 2.45) is 0 Å². The maximum atomic E-state index is 13.4. The van der Waals surface area contributed by atoms with E-state index in [-0.39, 0.29) is 11.8 Å². The van der Waals surface area contributed by atoms with E-state index in [4.69, 9.17) is 30.5 Å². The van der Waals surface area contributed by atoms with Crippen LogP contribution in [0.5, 0.6) is 23.0 Å². The molecule has 0 saturated heterocycles. The summed E-state index contributed by atoms with van der Waals surface area (Å²) < 4.78 is 22.8. The van der Waals surface area contributed by atoms with Crippen molar-refractivity contribution in [2.45, 2.75) is 18.9 Å². The predicted octanol–water partition coefficient (Wildman–Crippen LogP) is 5.54. The predicted molar refractivity (Wildman–Crippen MR) is 141 cm³/mol. The van der Waals surface area contributed by atoms with E-state index in [0.29, 0.717) is 45.3 Å². The minimum absolute atomic E-state index is 0.0166. The van der Waals surface area contributed by atoms with Crippen LogP contribution in [0.2, 0.25) is 5.02 Å². The van der Waals surface area contributed by atoms with Crippen molar-refractivity contribution in [1.82, 2.24) is 0 Å². The number of rotatable bonds is 9. The van der Waals surface area contributed by atoms with Crippen LogP contribution < -0.4 is 18.9 Å². The Morgan fingerprint density at radius 2 is 1.47 bits per heavy atom. The minimum Gasteiger partial charge on any atom is -0.493 e. The van der Waals surface area contributed by atoms with Gasteiger partial charge in [-0.05, 0) is 59.7 Å². The summed E-state index contributed by atoms with van der Waals surface area (Å²) in [4.78, 5) is 13.4. The molecular formula is C29H33ClNO5+. The van der Waals surface area contributed by atoms with E-state index in [1.807, 2.05) is 12.1 Å². The highest BCUT2D eigenvalue weighted by Gasteiger charge is 2.41. The first-order valence-corrected chi connectivity index (χ1v) is 12.3. The van der Waals surface area contributed by atoms with Crippen molar-refractivity contribution in [2.75, 3.05) is 48.6 Å². The van der Waals surface area contributed by atoms with Gasteiger partial charge in [-0.15, -0.1) is 0 Å². The first-order chi connectivity index (χ1) is 17.3. The zero-order valence-corrected chi connectivity index (χ0v) is 22.2. The molecule has 0 aromatic heterocycles. The zero-order valence-electron chi connectivity index (χ0n) is 21.5. The van der Waals surface area contributed by atoms with Crippen LogP contribution in [0.1, 0.15) is 33.1 Å². The van der Waals surface area contributed by atoms with Crippen LogP contribution in [-0.2, 0) is 12.8 Å². The summed E-state index contributed by atoms with van der Waals surface area (Å²) in [6.45, 7) is 1.19. The van der Waals surface area contributed by atoms with Gasteiger partial charge < -0.3 is 23.4 Å². The fourth-order valence-corrected chi connectivity index (χ4v) is 5.26. The Hall–Kier alpha value is -3.22. The molecule has 3 aromatic carbocycles. The van der Waals surface area contributed by atoms with Crippen LogP contribution in [0.3, 0.4) is 0 Å². The Balaban J connectivity index is 1.76. The Morgan fingerprint density at radius 3 is 2.11 bits per heavy atom. The molecule has 0 bridgehead atoms. The van der Waals surface area contributed by atoms with E-state index in [1.54, 1.807) is 52.7 Å². The summed E-state index contributed by atoms with van der Waals surface area (Å²) in [7, 11) is 8.73. The molecule has 4 rings (SSSR count). The molecule has 190 valence electrons. The summed E-state index contributed by atoms with van der Waals surface area (Å²) in [5.41, 5.74) is 4.15. The average Bonchev–Trinajstić information content (AvgIpc) is 2.89. The number of hydrogen-bond donors (Lipinski definition) is 0. The molecule has 6 nitrogen and oxygen atoms in total. The molecule has 0 aliphatic carbocycles. The maximum Gasteiger partial charge on any atom is 0.216 e. The average molecular weight is 511 g/mol. The molecule has 0 N–H and O–H groups in total. The van der Waals surface area contributed by atoms with E-state index in [2.05, 4.69) is 25.2 Å². The summed E-state index contributed by atoms with van der Waals surface area (Å²) in [6, 6.07) is 17.3. The summed E-state index contributed by atoms with van der Waals surface area (Å²) in [6.07, 6.45) is 1.55. The van der Waals surface area contributed by atoms with E-state index in [1.165, 1.54) is 11.1 Å². The number of quaternary nitrogens is 1. The fraction of sp³-hybridized carbons (Fsp3) is 0.345. The number of methoxy groups -OCH3 is 4. The molecule has 7 heteroatoms. The Kier molecular flexibility index (Phi) is 7.76. The molecule has 36 heavy (non-hydrogen) atoms. The summed E-state index contributed by atoms with van der Waals surface area (Å²) >= 11 is 6.05. The third-order valence-corrected chi connectivity index (χ3v) is 7.45. The Labute approximate surface area is 217 Å². The minimum atomic E-state index is 0.0166. The smallest absolute Gasteiger partial charge is 0.216 e. The highest BCUT2D eigenvalue weighted by molar-refractivity contribution is 6.30. The SMILES string of the molecule is COc1ccc(C[C@@H]2c3cc(OC)c(OC)cc3CC[N@@+]2(C)CC(=O)c2ccc(Cl)cc2)cc1OC. The highest BCUT2D eigenvalue weighted by Crippen LogP contribution is 2.43. The van der Waals surface area contributed by atoms with Gasteiger partial charge in [-0.25, -0.2) is 0 Å². The van der Waals surface area contributed by atoms with Crippen molar-refractivity contribution in [3.05, 3.63) is 81.9 Å². The lowest BCUT2D eigenvalue weighted by molar-refractivity contribution is -0.933. The molecule has 0 saturated carbocycles. The van der Waals surface area contributed by atoms with Crippen LogP contribution in [0.4, 0.5) is 0 Å². The van der Waals surface area contributed by atoms with Crippen molar-refractivity contribution in [1.29, 1.82) is 0 Å². The number of carbonyl (C=O) groups excluding carboxylic acids is 1.